The molecule has 3 aromatic rings. The number of halogens is 1. The molecule has 0 spiro atoms. The Kier molecular flexibility index (Phi) is 5.16. The number of rotatable bonds is 5. The summed E-state index contributed by atoms with van der Waals surface area (Å²) >= 11 is 1.43. The molecule has 0 unspecified atom stereocenters. The molecule has 1 aliphatic heterocycles. The molecule has 0 bridgehead atoms. The lowest BCUT2D eigenvalue weighted by Crippen LogP contribution is -2.35. The van der Waals surface area contributed by atoms with Gasteiger partial charge in [-0.3, -0.25) is 4.40 Å². The molecular weight excluding hydrogens is 387 g/mol. The first-order valence-corrected chi connectivity index (χ1v) is 11.2. The summed E-state index contributed by atoms with van der Waals surface area (Å²) in [4.78, 5) is 0.188. The molecule has 2 aromatic heterocycles. The Labute approximate surface area is 161 Å². The van der Waals surface area contributed by atoms with Crippen LogP contribution in [0.3, 0.4) is 0 Å². The minimum atomic E-state index is -3.59. The van der Waals surface area contributed by atoms with E-state index >= 15 is 0 Å². The molecule has 6 nitrogen and oxygen atoms in total. The van der Waals surface area contributed by atoms with Crippen molar-refractivity contribution in [1.82, 2.24) is 18.9 Å². The number of piperidine rings is 1. The molecule has 27 heavy (non-hydrogen) atoms. The van der Waals surface area contributed by atoms with E-state index in [1.54, 1.807) is 34.9 Å². The highest BCUT2D eigenvalue weighted by molar-refractivity contribution is 7.98. The highest BCUT2D eigenvalue weighted by atomic mass is 32.2. The van der Waals surface area contributed by atoms with Gasteiger partial charge in [0.2, 0.25) is 10.0 Å². The number of aromatic nitrogens is 3. The summed E-state index contributed by atoms with van der Waals surface area (Å²) in [6, 6.07) is 9.56. The van der Waals surface area contributed by atoms with Gasteiger partial charge in [-0.15, -0.1) is 10.2 Å². The van der Waals surface area contributed by atoms with Gasteiger partial charge >= 0.3 is 0 Å². The van der Waals surface area contributed by atoms with Crippen molar-refractivity contribution in [3.63, 3.8) is 0 Å². The van der Waals surface area contributed by atoms with Crippen molar-refractivity contribution >= 4 is 27.4 Å². The quantitative estimate of drug-likeness (QED) is 0.608. The van der Waals surface area contributed by atoms with Gasteiger partial charge in [-0.05, 0) is 42.7 Å². The summed E-state index contributed by atoms with van der Waals surface area (Å²) < 4.78 is 42.3. The molecule has 1 aliphatic rings. The zero-order valence-corrected chi connectivity index (χ0v) is 16.2. The Morgan fingerprint density at radius 1 is 1.04 bits per heavy atom. The SMILES string of the molecule is O=S(=O)(c1cccn2c(SCc3ccc(F)cc3)nnc12)N1CCCCC1. The fraction of sp³-hybridized carbons (Fsp3) is 0.333. The van der Waals surface area contributed by atoms with E-state index in [1.165, 1.54) is 28.2 Å². The molecule has 0 aliphatic carbocycles. The van der Waals surface area contributed by atoms with E-state index in [4.69, 9.17) is 0 Å². The van der Waals surface area contributed by atoms with Crippen LogP contribution in [0.5, 0.6) is 0 Å². The van der Waals surface area contributed by atoms with Crippen LogP contribution in [0.15, 0.2) is 52.6 Å². The number of hydrogen-bond acceptors (Lipinski definition) is 5. The smallest absolute Gasteiger partial charge is 0.246 e. The highest BCUT2D eigenvalue weighted by Gasteiger charge is 2.29. The first-order chi connectivity index (χ1) is 13.1. The molecule has 142 valence electrons. The Morgan fingerprint density at radius 3 is 2.52 bits per heavy atom. The van der Waals surface area contributed by atoms with Crippen molar-refractivity contribution in [2.24, 2.45) is 0 Å². The molecule has 0 saturated carbocycles. The van der Waals surface area contributed by atoms with Crippen LogP contribution < -0.4 is 0 Å². The average molecular weight is 407 g/mol. The standard InChI is InChI=1S/C18H19FN4O2S2/c19-15-8-6-14(7-9-15)13-26-18-21-20-17-16(5-4-12-23(17)18)27(24,25)22-10-2-1-3-11-22/h4-9,12H,1-3,10-11,13H2. The Bertz CT molecular complexity index is 1040. The molecule has 0 atom stereocenters. The van der Waals surface area contributed by atoms with E-state index in [2.05, 4.69) is 10.2 Å². The number of sulfonamides is 1. The predicted octanol–water partition coefficient (Wildman–Crippen LogP) is 3.34. The number of hydrogen-bond donors (Lipinski definition) is 0. The molecule has 0 amide bonds. The highest BCUT2D eigenvalue weighted by Crippen LogP contribution is 2.27. The van der Waals surface area contributed by atoms with Gasteiger partial charge < -0.3 is 0 Å². The number of benzene rings is 1. The van der Waals surface area contributed by atoms with E-state index in [9.17, 15) is 12.8 Å². The van der Waals surface area contributed by atoms with Crippen molar-refractivity contribution in [2.45, 2.75) is 35.1 Å². The first-order valence-electron chi connectivity index (χ1n) is 8.77. The van der Waals surface area contributed by atoms with Crippen LogP contribution in [0.4, 0.5) is 4.39 Å². The van der Waals surface area contributed by atoms with Crippen LogP contribution in [0.2, 0.25) is 0 Å². The molecule has 0 N–H and O–H groups in total. The third-order valence-corrected chi connectivity index (χ3v) is 7.52. The number of pyridine rings is 1. The summed E-state index contributed by atoms with van der Waals surface area (Å²) in [6.45, 7) is 1.09. The number of nitrogens with zero attached hydrogens (tertiary/aromatic N) is 4. The maximum absolute atomic E-state index is 13.0. The van der Waals surface area contributed by atoms with Gasteiger partial charge in [0.05, 0.1) is 0 Å². The molecule has 0 radical (unpaired) electrons. The van der Waals surface area contributed by atoms with Crippen LogP contribution in [0.25, 0.3) is 5.65 Å². The maximum atomic E-state index is 13.0. The number of fused-ring (bicyclic) bond motifs is 1. The maximum Gasteiger partial charge on any atom is 0.246 e. The molecule has 1 fully saturated rings. The van der Waals surface area contributed by atoms with E-state index in [0.29, 0.717) is 29.6 Å². The van der Waals surface area contributed by atoms with Crippen molar-refractivity contribution in [2.75, 3.05) is 13.1 Å². The minimum Gasteiger partial charge on any atom is -0.276 e. The number of thioether (sulfide) groups is 1. The van der Waals surface area contributed by atoms with E-state index in [-0.39, 0.29) is 10.7 Å². The third-order valence-electron chi connectivity index (χ3n) is 4.58. The van der Waals surface area contributed by atoms with Crippen molar-refractivity contribution in [3.05, 3.63) is 54.0 Å². The second-order valence-electron chi connectivity index (χ2n) is 6.43. The zero-order valence-electron chi connectivity index (χ0n) is 14.6. The van der Waals surface area contributed by atoms with Crippen molar-refractivity contribution in [3.8, 4) is 0 Å². The fourth-order valence-corrected chi connectivity index (χ4v) is 5.65. The van der Waals surface area contributed by atoms with Crippen LogP contribution in [0, 0.1) is 5.82 Å². The minimum absolute atomic E-state index is 0.188. The molecule has 9 heteroatoms. The Balaban J connectivity index is 1.62. The normalized spacial score (nSPS) is 16.0. The van der Waals surface area contributed by atoms with E-state index in [0.717, 1.165) is 24.8 Å². The summed E-state index contributed by atoms with van der Waals surface area (Å²) in [5.74, 6) is 0.314. The van der Waals surface area contributed by atoms with Crippen LogP contribution in [-0.4, -0.2) is 40.4 Å². The summed E-state index contributed by atoms with van der Waals surface area (Å²) in [6.07, 6.45) is 4.59. The Hall–Kier alpha value is -1.97. The lowest BCUT2D eigenvalue weighted by Gasteiger charge is -2.25. The van der Waals surface area contributed by atoms with Crippen molar-refractivity contribution in [1.29, 1.82) is 0 Å². The van der Waals surface area contributed by atoms with Crippen LogP contribution in [-0.2, 0) is 15.8 Å². The van der Waals surface area contributed by atoms with Gasteiger partial charge in [0, 0.05) is 25.0 Å². The lowest BCUT2D eigenvalue weighted by molar-refractivity contribution is 0.347. The van der Waals surface area contributed by atoms with Crippen molar-refractivity contribution < 1.29 is 12.8 Å². The van der Waals surface area contributed by atoms with E-state index < -0.39 is 10.0 Å². The second-order valence-corrected chi connectivity index (χ2v) is 9.28. The topological polar surface area (TPSA) is 67.6 Å². The first kappa shape index (κ1) is 18.4. The van der Waals surface area contributed by atoms with Gasteiger partial charge in [0.15, 0.2) is 10.8 Å². The molecule has 1 aromatic carbocycles. The summed E-state index contributed by atoms with van der Waals surface area (Å²) in [5.41, 5.74) is 1.29. The largest absolute Gasteiger partial charge is 0.276 e. The van der Waals surface area contributed by atoms with E-state index in [1.807, 2.05) is 0 Å². The average Bonchev–Trinajstić information content (AvgIpc) is 3.11. The van der Waals surface area contributed by atoms with Gasteiger partial charge in [0.1, 0.15) is 10.7 Å². The fourth-order valence-electron chi connectivity index (χ4n) is 3.14. The van der Waals surface area contributed by atoms with Gasteiger partial charge in [-0.2, -0.15) is 4.31 Å². The molecule has 4 rings (SSSR count). The predicted molar refractivity (Wildman–Crippen MR) is 102 cm³/mol. The van der Waals surface area contributed by atoms with Gasteiger partial charge in [-0.25, -0.2) is 12.8 Å². The summed E-state index contributed by atoms with van der Waals surface area (Å²) in [7, 11) is -3.59. The monoisotopic (exact) mass is 406 g/mol. The molecular formula is C18H19FN4O2S2. The third kappa shape index (κ3) is 3.71. The molecule has 3 heterocycles. The van der Waals surface area contributed by atoms with Gasteiger partial charge in [0.25, 0.3) is 0 Å². The van der Waals surface area contributed by atoms with Gasteiger partial charge in [-0.1, -0.05) is 30.3 Å². The second kappa shape index (κ2) is 7.57. The zero-order chi connectivity index (χ0) is 18.9. The summed E-state index contributed by atoms with van der Waals surface area (Å²) in [5, 5.41) is 8.90. The van der Waals surface area contributed by atoms with Crippen LogP contribution >= 0.6 is 11.8 Å². The Morgan fingerprint density at radius 2 is 1.78 bits per heavy atom. The molecule has 1 saturated heterocycles. The van der Waals surface area contributed by atoms with Crippen LogP contribution in [0.1, 0.15) is 24.8 Å². The lowest BCUT2D eigenvalue weighted by atomic mass is 10.2.